The fourth-order valence-electron chi connectivity index (χ4n) is 3.29. The van der Waals surface area contributed by atoms with E-state index >= 15 is 0 Å². The number of benzene rings is 1. The number of likely N-dealkylation sites (N-methyl/N-ethyl adjacent to an activating group) is 1. The lowest BCUT2D eigenvalue weighted by atomic mass is 9.98. The molecule has 2 unspecified atom stereocenters. The zero-order chi connectivity index (χ0) is 17.0. The van der Waals surface area contributed by atoms with Crippen molar-refractivity contribution in [1.29, 1.82) is 0 Å². The molecule has 4 heteroatoms. The second-order valence-electron chi connectivity index (χ2n) is 6.85. The molecule has 1 aliphatic heterocycles. The number of hydrogen-bond acceptors (Lipinski definition) is 3. The van der Waals surface area contributed by atoms with Crippen molar-refractivity contribution in [2.24, 2.45) is 0 Å². The molecule has 0 spiro atoms. The maximum absolute atomic E-state index is 12.6. The van der Waals surface area contributed by atoms with Gasteiger partial charge in [0, 0.05) is 19.1 Å². The number of carbonyl (C=O) groups excluding carboxylic acids is 1. The van der Waals surface area contributed by atoms with Crippen molar-refractivity contribution in [3.05, 3.63) is 29.3 Å². The van der Waals surface area contributed by atoms with Crippen LogP contribution in [0.4, 0.5) is 0 Å². The van der Waals surface area contributed by atoms with Gasteiger partial charge in [-0.05, 0) is 62.9 Å². The summed E-state index contributed by atoms with van der Waals surface area (Å²) in [5.74, 6) is 1.35. The van der Waals surface area contributed by atoms with Crippen LogP contribution in [0.1, 0.15) is 50.7 Å². The van der Waals surface area contributed by atoms with Crippen molar-refractivity contribution in [2.75, 3.05) is 20.1 Å². The molecule has 0 saturated carbocycles. The number of hydrogen-bond donors (Lipinski definition) is 1. The quantitative estimate of drug-likeness (QED) is 0.907. The molecule has 1 N–H and O–H groups in total. The molecule has 0 aromatic heterocycles. The van der Waals surface area contributed by atoms with Crippen molar-refractivity contribution >= 4 is 5.91 Å². The third-order valence-electron chi connectivity index (χ3n) is 4.67. The lowest BCUT2D eigenvalue weighted by Crippen LogP contribution is -2.50. The Labute approximate surface area is 140 Å². The highest BCUT2D eigenvalue weighted by molar-refractivity contribution is 5.81. The van der Waals surface area contributed by atoms with E-state index in [4.69, 9.17) is 4.74 Å². The molecule has 0 bridgehead atoms. The zero-order valence-corrected chi connectivity index (χ0v) is 15.1. The van der Waals surface area contributed by atoms with E-state index in [2.05, 4.69) is 32.2 Å². The summed E-state index contributed by atoms with van der Waals surface area (Å²) >= 11 is 0. The highest BCUT2D eigenvalue weighted by Crippen LogP contribution is 2.24. The van der Waals surface area contributed by atoms with Gasteiger partial charge < -0.3 is 15.0 Å². The molecule has 1 aromatic carbocycles. The number of nitrogens with zero attached hydrogens (tertiary/aromatic N) is 1. The Morgan fingerprint density at radius 2 is 2.09 bits per heavy atom. The molecule has 2 rings (SSSR count). The third kappa shape index (κ3) is 4.47. The molecule has 2 atom stereocenters. The van der Waals surface area contributed by atoms with Crippen molar-refractivity contribution in [3.63, 3.8) is 0 Å². The molecule has 1 fully saturated rings. The number of amides is 1. The van der Waals surface area contributed by atoms with Crippen LogP contribution >= 0.6 is 0 Å². The largest absolute Gasteiger partial charge is 0.481 e. The monoisotopic (exact) mass is 318 g/mol. The predicted molar refractivity (Wildman–Crippen MR) is 94.0 cm³/mol. The summed E-state index contributed by atoms with van der Waals surface area (Å²) in [5.41, 5.74) is 2.54. The van der Waals surface area contributed by atoms with E-state index in [-0.39, 0.29) is 5.91 Å². The van der Waals surface area contributed by atoms with Crippen molar-refractivity contribution in [3.8, 4) is 5.75 Å². The van der Waals surface area contributed by atoms with Gasteiger partial charge in [-0.25, -0.2) is 0 Å². The van der Waals surface area contributed by atoms with Gasteiger partial charge in [-0.15, -0.1) is 0 Å². The number of piperidine rings is 1. The van der Waals surface area contributed by atoms with Gasteiger partial charge in [0.2, 0.25) is 0 Å². The minimum absolute atomic E-state index is 0.0792. The minimum atomic E-state index is -0.449. The predicted octanol–water partition coefficient (Wildman–Crippen LogP) is 3.10. The molecule has 0 radical (unpaired) electrons. The van der Waals surface area contributed by atoms with Crippen LogP contribution in [0, 0.1) is 6.92 Å². The Bertz CT molecular complexity index is 542. The highest BCUT2D eigenvalue weighted by Gasteiger charge is 2.27. The standard InChI is InChI=1S/C19H30N2O2/c1-13(2)18-9-8-17(11-14(18)3)23-15(4)19(22)21-10-6-7-16(12-21)20-5/h8-9,11,13,15-16,20H,6-7,10,12H2,1-5H3. The van der Waals surface area contributed by atoms with Crippen molar-refractivity contribution in [1.82, 2.24) is 10.2 Å². The first-order valence-electron chi connectivity index (χ1n) is 8.65. The van der Waals surface area contributed by atoms with E-state index in [1.54, 1.807) is 0 Å². The number of carbonyl (C=O) groups is 1. The zero-order valence-electron chi connectivity index (χ0n) is 15.1. The van der Waals surface area contributed by atoms with Crippen LogP contribution in [-0.2, 0) is 4.79 Å². The van der Waals surface area contributed by atoms with E-state index in [9.17, 15) is 4.79 Å². The Morgan fingerprint density at radius 1 is 1.35 bits per heavy atom. The van der Waals surface area contributed by atoms with Gasteiger partial charge in [0.25, 0.3) is 5.91 Å². The lowest BCUT2D eigenvalue weighted by molar-refractivity contribution is -0.139. The van der Waals surface area contributed by atoms with Gasteiger partial charge >= 0.3 is 0 Å². The minimum Gasteiger partial charge on any atom is -0.481 e. The van der Waals surface area contributed by atoms with E-state index < -0.39 is 6.10 Å². The number of likely N-dealkylation sites (tertiary alicyclic amines) is 1. The first-order valence-corrected chi connectivity index (χ1v) is 8.65. The Kier molecular flexibility index (Phi) is 6.05. The topological polar surface area (TPSA) is 41.6 Å². The fourth-order valence-corrected chi connectivity index (χ4v) is 3.29. The fraction of sp³-hybridized carbons (Fsp3) is 0.632. The van der Waals surface area contributed by atoms with Gasteiger partial charge in [-0.2, -0.15) is 0 Å². The van der Waals surface area contributed by atoms with Gasteiger partial charge in [-0.3, -0.25) is 4.79 Å². The number of ether oxygens (including phenoxy) is 1. The number of aryl methyl sites for hydroxylation is 1. The summed E-state index contributed by atoms with van der Waals surface area (Å²) in [6.45, 7) is 9.91. The Balaban J connectivity index is 1.99. The summed E-state index contributed by atoms with van der Waals surface area (Å²) in [4.78, 5) is 14.5. The second kappa shape index (κ2) is 7.82. The number of rotatable bonds is 5. The maximum atomic E-state index is 12.6. The van der Waals surface area contributed by atoms with Crippen LogP contribution in [0.3, 0.4) is 0 Å². The summed E-state index contributed by atoms with van der Waals surface area (Å²) in [7, 11) is 1.96. The third-order valence-corrected chi connectivity index (χ3v) is 4.67. The Hall–Kier alpha value is -1.55. The molecule has 0 aliphatic carbocycles. The van der Waals surface area contributed by atoms with E-state index in [0.717, 1.165) is 31.7 Å². The summed E-state index contributed by atoms with van der Waals surface area (Å²) in [5, 5.41) is 3.27. The van der Waals surface area contributed by atoms with Crippen LogP contribution in [0.15, 0.2) is 18.2 Å². The molecule has 128 valence electrons. The van der Waals surface area contributed by atoms with Crippen molar-refractivity contribution < 1.29 is 9.53 Å². The second-order valence-corrected chi connectivity index (χ2v) is 6.85. The van der Waals surface area contributed by atoms with Gasteiger partial charge in [0.15, 0.2) is 6.10 Å². The van der Waals surface area contributed by atoms with Crippen molar-refractivity contribution in [2.45, 2.75) is 58.6 Å². The van der Waals surface area contributed by atoms with E-state index in [1.165, 1.54) is 11.1 Å². The maximum Gasteiger partial charge on any atom is 0.263 e. The summed E-state index contributed by atoms with van der Waals surface area (Å²) in [6, 6.07) is 6.50. The molecule has 1 saturated heterocycles. The molecular weight excluding hydrogens is 288 g/mol. The lowest BCUT2D eigenvalue weighted by Gasteiger charge is -2.34. The first-order chi connectivity index (χ1) is 10.9. The normalized spacial score (nSPS) is 19.7. The molecule has 4 nitrogen and oxygen atoms in total. The molecular formula is C19H30N2O2. The average Bonchev–Trinajstić information content (AvgIpc) is 2.53. The molecule has 1 heterocycles. The summed E-state index contributed by atoms with van der Waals surface area (Å²) in [6.07, 6.45) is 1.73. The van der Waals surface area contributed by atoms with Crippen LogP contribution < -0.4 is 10.1 Å². The SMILES string of the molecule is CNC1CCCN(C(=O)C(C)Oc2ccc(C(C)C)c(C)c2)C1. The first kappa shape index (κ1) is 17.8. The van der Waals surface area contributed by atoms with Gasteiger partial charge in [0.1, 0.15) is 5.75 Å². The smallest absolute Gasteiger partial charge is 0.263 e. The van der Waals surface area contributed by atoms with Gasteiger partial charge in [0.05, 0.1) is 0 Å². The Morgan fingerprint density at radius 3 is 2.70 bits per heavy atom. The molecule has 1 aliphatic rings. The average molecular weight is 318 g/mol. The highest BCUT2D eigenvalue weighted by atomic mass is 16.5. The van der Waals surface area contributed by atoms with Crippen LogP contribution in [-0.4, -0.2) is 43.1 Å². The molecule has 1 amide bonds. The number of nitrogens with one attached hydrogen (secondary N) is 1. The summed E-state index contributed by atoms with van der Waals surface area (Å²) < 4.78 is 5.90. The van der Waals surface area contributed by atoms with Crippen LogP contribution in [0.2, 0.25) is 0 Å². The van der Waals surface area contributed by atoms with E-state index in [0.29, 0.717) is 12.0 Å². The molecule has 1 aromatic rings. The van der Waals surface area contributed by atoms with Crippen LogP contribution in [0.5, 0.6) is 5.75 Å². The van der Waals surface area contributed by atoms with Gasteiger partial charge in [-0.1, -0.05) is 19.9 Å². The molecule has 23 heavy (non-hydrogen) atoms. The van der Waals surface area contributed by atoms with Crippen LogP contribution in [0.25, 0.3) is 0 Å². The van der Waals surface area contributed by atoms with E-state index in [1.807, 2.05) is 31.0 Å².